The Morgan fingerprint density at radius 1 is 0.900 bits per heavy atom. The van der Waals surface area contributed by atoms with Crippen LogP contribution in [0.2, 0.25) is 0 Å². The SMILES string of the molecule is CC.CCOC(=O)CN(C(=O)/C(C)=C/c1ccc(C(=O)Oc2ccc(N=CN)cc2)cc1)c1ccccc1.CN. The molecule has 0 aliphatic rings. The number of rotatable bonds is 9. The van der Waals surface area contributed by atoms with E-state index in [9.17, 15) is 14.4 Å². The number of benzene rings is 3. The number of aliphatic imine (C=N–C) groups is 1. The van der Waals surface area contributed by atoms with E-state index in [0.717, 1.165) is 0 Å². The minimum Gasteiger partial charge on any atom is -0.465 e. The fourth-order valence-electron chi connectivity index (χ4n) is 3.32. The van der Waals surface area contributed by atoms with Crippen LogP contribution in [0.3, 0.4) is 0 Å². The van der Waals surface area contributed by atoms with Crippen LogP contribution in [0.5, 0.6) is 5.75 Å². The molecule has 1 amide bonds. The molecule has 40 heavy (non-hydrogen) atoms. The molecule has 0 bridgehead atoms. The molecule has 9 heteroatoms. The summed E-state index contributed by atoms with van der Waals surface area (Å²) in [6.07, 6.45) is 2.88. The molecule has 212 valence electrons. The van der Waals surface area contributed by atoms with Gasteiger partial charge in [0.15, 0.2) is 0 Å². The maximum Gasteiger partial charge on any atom is 0.343 e. The summed E-state index contributed by atoms with van der Waals surface area (Å²) in [7, 11) is 1.50. The number of esters is 2. The maximum absolute atomic E-state index is 13.2. The molecule has 0 atom stereocenters. The number of nitrogens with zero attached hydrogens (tertiary/aromatic N) is 2. The van der Waals surface area contributed by atoms with Crippen LogP contribution in [-0.4, -0.2) is 44.4 Å². The van der Waals surface area contributed by atoms with Crippen molar-refractivity contribution >= 4 is 41.6 Å². The Morgan fingerprint density at radius 3 is 2.05 bits per heavy atom. The standard InChI is InChI=1S/C28H27N3O5.C2H6.CH5N/c1-3-35-26(32)18-31(24-7-5-4-6-8-24)27(33)20(2)17-21-9-11-22(12-10-21)28(34)36-25-15-13-23(14-16-25)30-19-29;2*1-2/h4-17,19H,3,18H2,1-2H3,(H2,29,30);1-2H3;2H2,1H3/b20-17+;;. The number of hydrogen-bond donors (Lipinski definition) is 2. The molecule has 0 heterocycles. The van der Waals surface area contributed by atoms with Crippen molar-refractivity contribution in [3.8, 4) is 5.75 Å². The van der Waals surface area contributed by atoms with Gasteiger partial charge in [-0.2, -0.15) is 0 Å². The van der Waals surface area contributed by atoms with Gasteiger partial charge in [-0.1, -0.05) is 44.2 Å². The van der Waals surface area contributed by atoms with Crippen molar-refractivity contribution in [2.24, 2.45) is 16.5 Å². The molecular weight excluding hydrogens is 508 g/mol. The van der Waals surface area contributed by atoms with Crippen molar-refractivity contribution in [2.75, 3.05) is 25.1 Å². The van der Waals surface area contributed by atoms with E-state index >= 15 is 0 Å². The minimum atomic E-state index is -0.516. The third kappa shape index (κ3) is 10.5. The molecule has 9 nitrogen and oxygen atoms in total. The van der Waals surface area contributed by atoms with Crippen molar-refractivity contribution in [3.63, 3.8) is 0 Å². The summed E-state index contributed by atoms with van der Waals surface area (Å²) in [5, 5.41) is 0. The lowest BCUT2D eigenvalue weighted by Crippen LogP contribution is -2.37. The number of nitrogens with two attached hydrogens (primary N) is 2. The zero-order valence-electron chi connectivity index (χ0n) is 23.7. The van der Waals surface area contributed by atoms with Crippen molar-refractivity contribution < 1.29 is 23.9 Å². The summed E-state index contributed by atoms with van der Waals surface area (Å²) in [5.74, 6) is -0.964. The van der Waals surface area contributed by atoms with Crippen LogP contribution in [0.15, 0.2) is 89.4 Å². The van der Waals surface area contributed by atoms with Crippen molar-refractivity contribution in [1.82, 2.24) is 0 Å². The lowest BCUT2D eigenvalue weighted by molar-refractivity contribution is -0.142. The van der Waals surface area contributed by atoms with E-state index in [1.165, 1.54) is 18.3 Å². The van der Waals surface area contributed by atoms with Gasteiger partial charge >= 0.3 is 11.9 Å². The molecule has 0 aliphatic carbocycles. The highest BCUT2D eigenvalue weighted by Crippen LogP contribution is 2.20. The van der Waals surface area contributed by atoms with Gasteiger partial charge in [0, 0.05) is 11.3 Å². The van der Waals surface area contributed by atoms with E-state index in [0.29, 0.717) is 33.8 Å². The normalized spacial score (nSPS) is 10.4. The zero-order valence-corrected chi connectivity index (χ0v) is 23.7. The lowest BCUT2D eigenvalue weighted by atomic mass is 10.1. The van der Waals surface area contributed by atoms with E-state index in [4.69, 9.17) is 15.2 Å². The Bertz CT molecular complexity index is 1260. The van der Waals surface area contributed by atoms with Gasteiger partial charge in [0.05, 0.1) is 24.2 Å². The predicted molar refractivity (Wildman–Crippen MR) is 161 cm³/mol. The summed E-state index contributed by atoms with van der Waals surface area (Å²) in [5.41, 5.74) is 12.5. The molecule has 0 radical (unpaired) electrons. The second kappa shape index (κ2) is 18.5. The molecule has 3 rings (SSSR count). The highest BCUT2D eigenvalue weighted by atomic mass is 16.5. The molecule has 0 aromatic heterocycles. The first kappa shape index (κ1) is 33.3. The van der Waals surface area contributed by atoms with Crippen LogP contribution in [0.4, 0.5) is 11.4 Å². The summed E-state index contributed by atoms with van der Waals surface area (Å²) in [6, 6.07) is 22.2. The van der Waals surface area contributed by atoms with E-state index in [1.54, 1.807) is 92.7 Å². The monoisotopic (exact) mass is 546 g/mol. The first-order valence-electron chi connectivity index (χ1n) is 12.9. The Morgan fingerprint density at radius 2 is 1.50 bits per heavy atom. The van der Waals surface area contributed by atoms with Crippen LogP contribution >= 0.6 is 0 Å². The number of anilines is 1. The van der Waals surface area contributed by atoms with Gasteiger partial charge in [-0.25, -0.2) is 9.79 Å². The smallest absolute Gasteiger partial charge is 0.343 e. The summed E-state index contributed by atoms with van der Waals surface area (Å²) >= 11 is 0. The highest BCUT2D eigenvalue weighted by Gasteiger charge is 2.21. The van der Waals surface area contributed by atoms with E-state index in [-0.39, 0.29) is 19.1 Å². The van der Waals surface area contributed by atoms with Crippen molar-refractivity contribution in [1.29, 1.82) is 0 Å². The second-order valence-corrected chi connectivity index (χ2v) is 7.64. The van der Waals surface area contributed by atoms with Gasteiger partial charge in [-0.15, -0.1) is 0 Å². The Hall–Kier alpha value is -4.76. The largest absolute Gasteiger partial charge is 0.465 e. The van der Waals surface area contributed by atoms with E-state index in [2.05, 4.69) is 10.7 Å². The summed E-state index contributed by atoms with van der Waals surface area (Å²) < 4.78 is 10.4. The van der Waals surface area contributed by atoms with Gasteiger partial charge in [0.25, 0.3) is 5.91 Å². The van der Waals surface area contributed by atoms with Gasteiger partial charge in [-0.05, 0) is 81.1 Å². The Kier molecular flexibility index (Phi) is 15.4. The van der Waals surface area contributed by atoms with Crippen LogP contribution in [-0.2, 0) is 14.3 Å². The molecule has 0 saturated carbocycles. The average Bonchev–Trinajstić information content (AvgIpc) is 2.99. The predicted octanol–water partition coefficient (Wildman–Crippen LogP) is 5.13. The van der Waals surface area contributed by atoms with Crippen LogP contribution < -0.4 is 21.1 Å². The maximum atomic E-state index is 13.2. The van der Waals surface area contributed by atoms with Crippen molar-refractivity contribution in [2.45, 2.75) is 27.7 Å². The lowest BCUT2D eigenvalue weighted by Gasteiger charge is -2.22. The molecule has 0 fully saturated rings. The first-order chi connectivity index (χ1) is 19.4. The fourth-order valence-corrected chi connectivity index (χ4v) is 3.32. The molecule has 3 aromatic carbocycles. The number of carbonyl (C=O) groups excluding carboxylic acids is 3. The summed E-state index contributed by atoms with van der Waals surface area (Å²) in [6.45, 7) is 7.41. The average molecular weight is 547 g/mol. The van der Waals surface area contributed by atoms with E-state index < -0.39 is 11.9 Å². The van der Waals surface area contributed by atoms with Crippen LogP contribution in [0.1, 0.15) is 43.6 Å². The molecule has 0 unspecified atom stereocenters. The van der Waals surface area contributed by atoms with E-state index in [1.807, 2.05) is 19.9 Å². The number of amides is 1. The van der Waals surface area contributed by atoms with Gasteiger partial charge < -0.3 is 20.9 Å². The number of hydrogen-bond acceptors (Lipinski definition) is 7. The second-order valence-electron chi connectivity index (χ2n) is 7.64. The Labute approximate surface area is 236 Å². The molecule has 0 aliphatic heterocycles. The first-order valence-corrected chi connectivity index (χ1v) is 12.9. The molecule has 0 saturated heterocycles. The highest BCUT2D eigenvalue weighted by molar-refractivity contribution is 6.10. The number of para-hydroxylation sites is 1. The van der Waals surface area contributed by atoms with Crippen molar-refractivity contribution in [3.05, 3.63) is 95.6 Å². The number of carbonyl (C=O) groups is 3. The minimum absolute atomic E-state index is 0.202. The zero-order chi connectivity index (χ0) is 29.9. The molecular formula is C31H38N4O5. The van der Waals surface area contributed by atoms with Gasteiger partial charge in [-0.3, -0.25) is 14.5 Å². The summed E-state index contributed by atoms with van der Waals surface area (Å²) in [4.78, 5) is 43.1. The van der Waals surface area contributed by atoms with Crippen LogP contribution in [0, 0.1) is 0 Å². The number of ether oxygens (including phenoxy) is 2. The van der Waals surface area contributed by atoms with Gasteiger partial charge in [0.1, 0.15) is 12.3 Å². The Balaban J connectivity index is 0.00000191. The molecule has 4 N–H and O–H groups in total. The molecule has 3 aromatic rings. The topological polar surface area (TPSA) is 137 Å². The van der Waals surface area contributed by atoms with Gasteiger partial charge in [0.2, 0.25) is 0 Å². The fraction of sp³-hybridized carbons (Fsp3) is 0.226. The quantitative estimate of drug-likeness (QED) is 0.125. The third-order valence-corrected chi connectivity index (χ3v) is 5.04. The third-order valence-electron chi connectivity index (χ3n) is 5.04. The molecule has 0 spiro atoms. The van der Waals surface area contributed by atoms with Crippen LogP contribution in [0.25, 0.3) is 6.08 Å².